The lowest BCUT2D eigenvalue weighted by molar-refractivity contribution is 0.102. The molecule has 4 aromatic heterocycles. The number of anilines is 1. The Bertz CT molecular complexity index is 1570. The monoisotopic (exact) mass is 502 g/mol. The van der Waals surface area contributed by atoms with E-state index in [0.29, 0.717) is 30.3 Å². The highest BCUT2D eigenvalue weighted by atomic mass is 32.2. The Morgan fingerprint density at radius 1 is 0.972 bits per heavy atom. The normalized spacial score (nSPS) is 15.3. The van der Waals surface area contributed by atoms with Crippen LogP contribution in [-0.4, -0.2) is 54.9 Å². The van der Waals surface area contributed by atoms with Crippen LogP contribution in [0.25, 0.3) is 11.5 Å². The predicted molar refractivity (Wildman–Crippen MR) is 129 cm³/mol. The van der Waals surface area contributed by atoms with Crippen LogP contribution >= 0.6 is 0 Å². The standard InChI is InChI=1S/C24H22N8O3S/c33-24(28-20-6-3-5-18(27-20)23-30-29-21-7-4-11-32(21)23)19-13-17-15-31(12-9-16(17)14-26-19)36(34,35)22-8-1-2-10-25-22/h1-3,5-6,8,10,13-14H,4,7,9,11-12,15H2,(H,27,28,33). The molecule has 0 aliphatic carbocycles. The van der Waals surface area contributed by atoms with Gasteiger partial charge in [-0.25, -0.2) is 18.4 Å². The Kier molecular flexibility index (Phi) is 5.53. The van der Waals surface area contributed by atoms with Crippen LogP contribution in [0.15, 0.2) is 59.9 Å². The van der Waals surface area contributed by atoms with Crippen molar-refractivity contribution < 1.29 is 13.2 Å². The molecule has 2 aliphatic rings. The Labute approximate surface area is 207 Å². The van der Waals surface area contributed by atoms with Gasteiger partial charge in [0.1, 0.15) is 23.0 Å². The number of fused-ring (bicyclic) bond motifs is 2. The number of pyridine rings is 3. The highest BCUT2D eigenvalue weighted by Gasteiger charge is 2.30. The number of carbonyl (C=O) groups is 1. The molecule has 0 radical (unpaired) electrons. The van der Waals surface area contributed by atoms with Crippen LogP contribution in [0, 0.1) is 0 Å². The minimum absolute atomic E-state index is 0.00440. The summed E-state index contributed by atoms with van der Waals surface area (Å²) in [4.78, 5) is 25.8. The molecule has 0 bridgehead atoms. The molecule has 0 atom stereocenters. The maximum absolute atomic E-state index is 13.0. The summed E-state index contributed by atoms with van der Waals surface area (Å²) in [5.41, 5.74) is 2.46. The first-order chi connectivity index (χ1) is 17.5. The van der Waals surface area contributed by atoms with Crippen molar-refractivity contribution in [2.45, 2.75) is 37.4 Å². The topological polar surface area (TPSA) is 136 Å². The maximum atomic E-state index is 13.0. The molecule has 12 heteroatoms. The fourth-order valence-electron chi connectivity index (χ4n) is 4.52. The van der Waals surface area contributed by atoms with Gasteiger partial charge in [-0.1, -0.05) is 12.1 Å². The van der Waals surface area contributed by atoms with E-state index in [2.05, 4.69) is 30.5 Å². The van der Waals surface area contributed by atoms with Gasteiger partial charge in [0, 0.05) is 38.4 Å². The Balaban J connectivity index is 1.21. The average Bonchev–Trinajstić information content (AvgIpc) is 3.53. The molecular formula is C24H22N8O3S. The number of nitrogens with zero attached hydrogens (tertiary/aromatic N) is 7. The van der Waals surface area contributed by atoms with Crippen LogP contribution in [0.2, 0.25) is 0 Å². The Morgan fingerprint density at radius 2 is 1.89 bits per heavy atom. The van der Waals surface area contributed by atoms with Crippen LogP contribution in [-0.2, 0) is 36.0 Å². The van der Waals surface area contributed by atoms with Gasteiger partial charge in [-0.3, -0.25) is 9.78 Å². The highest BCUT2D eigenvalue weighted by molar-refractivity contribution is 7.89. The minimum Gasteiger partial charge on any atom is -0.310 e. The van der Waals surface area contributed by atoms with Crippen molar-refractivity contribution in [1.82, 2.24) is 34.0 Å². The van der Waals surface area contributed by atoms with Crippen molar-refractivity contribution in [3.8, 4) is 11.5 Å². The van der Waals surface area contributed by atoms with Crippen molar-refractivity contribution >= 4 is 21.7 Å². The van der Waals surface area contributed by atoms with Crippen molar-refractivity contribution in [3.63, 3.8) is 0 Å². The molecule has 0 saturated heterocycles. The summed E-state index contributed by atoms with van der Waals surface area (Å²) >= 11 is 0. The third-order valence-electron chi connectivity index (χ3n) is 6.36. The van der Waals surface area contributed by atoms with Crippen molar-refractivity contribution in [2.24, 2.45) is 0 Å². The zero-order chi connectivity index (χ0) is 24.7. The van der Waals surface area contributed by atoms with E-state index in [0.717, 1.165) is 36.3 Å². The molecule has 36 heavy (non-hydrogen) atoms. The van der Waals surface area contributed by atoms with E-state index < -0.39 is 15.9 Å². The molecule has 182 valence electrons. The molecule has 1 N–H and O–H groups in total. The number of carbonyl (C=O) groups excluding carboxylic acids is 1. The fourth-order valence-corrected chi connectivity index (χ4v) is 5.87. The third kappa shape index (κ3) is 4.03. The van der Waals surface area contributed by atoms with E-state index in [4.69, 9.17) is 0 Å². The van der Waals surface area contributed by atoms with E-state index >= 15 is 0 Å². The number of amides is 1. The smallest absolute Gasteiger partial charge is 0.275 e. The predicted octanol–water partition coefficient (Wildman–Crippen LogP) is 2.08. The van der Waals surface area contributed by atoms with Gasteiger partial charge in [0.25, 0.3) is 15.9 Å². The molecule has 6 heterocycles. The molecular weight excluding hydrogens is 480 g/mol. The van der Waals surface area contributed by atoms with E-state index in [1.54, 1.807) is 36.5 Å². The van der Waals surface area contributed by atoms with Gasteiger partial charge >= 0.3 is 0 Å². The average molecular weight is 503 g/mol. The van der Waals surface area contributed by atoms with Crippen LogP contribution in [0.3, 0.4) is 0 Å². The second-order valence-electron chi connectivity index (χ2n) is 8.65. The van der Waals surface area contributed by atoms with Crippen LogP contribution in [0.1, 0.15) is 33.9 Å². The molecule has 0 unspecified atom stereocenters. The molecule has 1 amide bonds. The van der Waals surface area contributed by atoms with Gasteiger partial charge in [0.05, 0.1) is 0 Å². The number of hydrogen-bond donors (Lipinski definition) is 1. The summed E-state index contributed by atoms with van der Waals surface area (Å²) in [5, 5.41) is 11.3. The zero-order valence-electron chi connectivity index (χ0n) is 19.2. The van der Waals surface area contributed by atoms with Gasteiger partial charge in [0.2, 0.25) is 0 Å². The van der Waals surface area contributed by atoms with Gasteiger partial charge in [-0.05, 0) is 54.3 Å². The summed E-state index contributed by atoms with van der Waals surface area (Å²) in [5.74, 6) is 1.56. The Hall–Kier alpha value is -4.03. The Morgan fingerprint density at radius 3 is 2.75 bits per heavy atom. The van der Waals surface area contributed by atoms with Crippen LogP contribution < -0.4 is 5.32 Å². The summed E-state index contributed by atoms with van der Waals surface area (Å²) in [6.45, 7) is 1.31. The number of sulfonamides is 1. The summed E-state index contributed by atoms with van der Waals surface area (Å²) < 4.78 is 29.4. The molecule has 6 rings (SSSR count). The van der Waals surface area contributed by atoms with Crippen molar-refractivity contribution in [1.29, 1.82) is 0 Å². The summed E-state index contributed by atoms with van der Waals surface area (Å²) in [6, 6.07) is 11.8. The van der Waals surface area contributed by atoms with Gasteiger partial charge < -0.3 is 9.88 Å². The number of aryl methyl sites for hydroxylation is 1. The lowest BCUT2D eigenvalue weighted by atomic mass is 10.0. The quantitative estimate of drug-likeness (QED) is 0.438. The summed E-state index contributed by atoms with van der Waals surface area (Å²) in [6.07, 6.45) is 5.52. The zero-order valence-corrected chi connectivity index (χ0v) is 20.0. The largest absolute Gasteiger partial charge is 0.310 e. The first-order valence-corrected chi connectivity index (χ1v) is 13.0. The first kappa shape index (κ1) is 22.4. The van der Waals surface area contributed by atoms with Crippen molar-refractivity contribution in [2.75, 3.05) is 11.9 Å². The number of rotatable bonds is 5. The molecule has 4 aromatic rings. The first-order valence-electron chi connectivity index (χ1n) is 11.6. The molecule has 0 fully saturated rings. The lowest BCUT2D eigenvalue weighted by Gasteiger charge is -2.27. The van der Waals surface area contributed by atoms with E-state index in [-0.39, 0.29) is 17.3 Å². The molecule has 0 spiro atoms. The molecule has 11 nitrogen and oxygen atoms in total. The van der Waals surface area contributed by atoms with Gasteiger partial charge in [-0.2, -0.15) is 4.31 Å². The highest BCUT2D eigenvalue weighted by Crippen LogP contribution is 2.25. The minimum atomic E-state index is -3.74. The number of aromatic nitrogens is 6. The van der Waals surface area contributed by atoms with Crippen LogP contribution in [0.4, 0.5) is 5.82 Å². The summed E-state index contributed by atoms with van der Waals surface area (Å²) in [7, 11) is -3.74. The van der Waals surface area contributed by atoms with E-state index in [1.165, 1.54) is 16.6 Å². The second-order valence-corrected chi connectivity index (χ2v) is 10.5. The number of nitrogens with one attached hydrogen (secondary N) is 1. The van der Waals surface area contributed by atoms with Crippen LogP contribution in [0.5, 0.6) is 0 Å². The van der Waals surface area contributed by atoms with Gasteiger partial charge in [-0.15, -0.1) is 10.2 Å². The SMILES string of the molecule is O=C(Nc1cccc(-c2nnc3n2CCC3)n1)c1cc2c(cn1)CCN(S(=O)(=O)c1ccccn1)C2. The molecule has 0 aromatic carbocycles. The molecule has 0 saturated carbocycles. The second kappa shape index (κ2) is 8.88. The fraction of sp³-hybridized carbons (Fsp3) is 0.250. The van der Waals surface area contributed by atoms with Crippen molar-refractivity contribution in [3.05, 3.63) is 77.5 Å². The lowest BCUT2D eigenvalue weighted by Crippen LogP contribution is -2.36. The molecule has 2 aliphatic heterocycles. The third-order valence-corrected chi connectivity index (χ3v) is 8.13. The van der Waals surface area contributed by atoms with E-state index in [1.807, 2.05) is 10.6 Å². The maximum Gasteiger partial charge on any atom is 0.275 e. The van der Waals surface area contributed by atoms with E-state index in [9.17, 15) is 13.2 Å². The number of hydrogen-bond acceptors (Lipinski definition) is 8. The van der Waals surface area contributed by atoms with Gasteiger partial charge in [0.15, 0.2) is 10.9 Å².